The Balaban J connectivity index is 2.02. The lowest BCUT2D eigenvalue weighted by Gasteiger charge is -2.04. The Labute approximate surface area is 166 Å². The Hall–Kier alpha value is -1.42. The molecule has 2 N–H and O–H groups in total. The zero-order valence-electron chi connectivity index (χ0n) is 12.4. The smallest absolute Gasteiger partial charge is 0.255 e. The lowest BCUT2D eigenvalue weighted by Crippen LogP contribution is -2.26. The molecule has 0 heterocycles. The number of hydrogen-bond acceptors (Lipinski definition) is 5. The van der Waals surface area contributed by atoms with Crippen LogP contribution >= 0.6 is 43.5 Å². The Morgan fingerprint density at radius 1 is 1.20 bits per heavy atom. The number of amides is 1. The topological polar surface area (TPSA) is 95.8 Å². The minimum Gasteiger partial charge on any atom is -0.506 e. The third kappa shape index (κ3) is 5.53. The molecule has 6 nitrogen and oxygen atoms in total. The van der Waals surface area contributed by atoms with Gasteiger partial charge in [0, 0.05) is 5.02 Å². The van der Waals surface area contributed by atoms with Gasteiger partial charge in [-0.3, -0.25) is 4.79 Å². The van der Waals surface area contributed by atoms with Gasteiger partial charge in [0.1, 0.15) is 11.5 Å². The molecule has 132 valence electrons. The Bertz CT molecular complexity index is 908. The van der Waals surface area contributed by atoms with Crippen LogP contribution in [0, 0.1) is 0 Å². The first-order valence-corrected chi connectivity index (χ1v) is 10.3. The fraction of sp³-hybridized carbons (Fsp3) is 0.0667. The van der Waals surface area contributed by atoms with E-state index in [1.54, 1.807) is 12.1 Å². The Morgan fingerprint density at radius 2 is 1.76 bits per heavy atom. The number of rotatable bonds is 5. The van der Waals surface area contributed by atoms with Crippen LogP contribution in [0.5, 0.6) is 5.75 Å². The summed E-state index contributed by atoms with van der Waals surface area (Å²) in [6, 6.07) is 8.70. The summed E-state index contributed by atoms with van der Waals surface area (Å²) in [7, 11) is -3.78. The molecule has 0 atom stereocenters. The molecule has 0 fully saturated rings. The standard InChI is InChI=1S/C15H11Br2ClN2O4S/c16-12-5-9(6-13(17)15(12)22)7-19-20-14(21)8-25(23,24)11-3-1-10(18)2-4-11/h1-7,22H,8H2,(H,20,21)/b19-7+. The van der Waals surface area contributed by atoms with Crippen molar-refractivity contribution in [2.24, 2.45) is 5.10 Å². The van der Waals surface area contributed by atoms with Gasteiger partial charge in [-0.2, -0.15) is 5.10 Å². The Morgan fingerprint density at radius 3 is 2.32 bits per heavy atom. The monoisotopic (exact) mass is 508 g/mol. The van der Waals surface area contributed by atoms with Gasteiger partial charge in [-0.25, -0.2) is 13.8 Å². The first-order valence-electron chi connectivity index (χ1n) is 6.67. The highest BCUT2D eigenvalue weighted by atomic mass is 79.9. The average Bonchev–Trinajstić information content (AvgIpc) is 2.52. The summed E-state index contributed by atoms with van der Waals surface area (Å²) in [6.45, 7) is 0. The van der Waals surface area contributed by atoms with E-state index < -0.39 is 21.5 Å². The predicted molar refractivity (Wildman–Crippen MR) is 103 cm³/mol. The van der Waals surface area contributed by atoms with Crippen LogP contribution < -0.4 is 5.43 Å². The molecule has 2 aromatic carbocycles. The van der Waals surface area contributed by atoms with E-state index in [4.69, 9.17) is 11.6 Å². The number of phenols is 1. The largest absolute Gasteiger partial charge is 0.506 e. The molecule has 2 rings (SSSR count). The van der Waals surface area contributed by atoms with Crippen LogP contribution in [0.1, 0.15) is 5.56 Å². The van der Waals surface area contributed by atoms with E-state index in [2.05, 4.69) is 42.4 Å². The van der Waals surface area contributed by atoms with E-state index >= 15 is 0 Å². The number of nitrogens with one attached hydrogen (secondary N) is 1. The maximum atomic E-state index is 12.1. The van der Waals surface area contributed by atoms with Gasteiger partial charge in [-0.15, -0.1) is 0 Å². The number of aromatic hydroxyl groups is 1. The van der Waals surface area contributed by atoms with Gasteiger partial charge < -0.3 is 5.11 Å². The fourth-order valence-electron chi connectivity index (χ4n) is 1.77. The molecular formula is C15H11Br2ClN2O4S. The quantitative estimate of drug-likeness (QED) is 0.476. The van der Waals surface area contributed by atoms with Crippen molar-refractivity contribution < 1.29 is 18.3 Å². The summed E-state index contributed by atoms with van der Waals surface area (Å²) >= 11 is 12.1. The summed E-state index contributed by atoms with van der Waals surface area (Å²) in [5.74, 6) is -1.48. The molecule has 25 heavy (non-hydrogen) atoms. The van der Waals surface area contributed by atoms with Crippen molar-refractivity contribution in [3.8, 4) is 5.75 Å². The molecular weight excluding hydrogens is 500 g/mol. The van der Waals surface area contributed by atoms with Gasteiger partial charge in [-0.05, 0) is 73.8 Å². The summed E-state index contributed by atoms with van der Waals surface area (Å²) in [6.07, 6.45) is 1.32. The van der Waals surface area contributed by atoms with Crippen LogP contribution in [0.25, 0.3) is 0 Å². The van der Waals surface area contributed by atoms with Crippen molar-refractivity contribution in [3.63, 3.8) is 0 Å². The first kappa shape index (κ1) is 19.9. The molecule has 0 saturated heterocycles. The zero-order chi connectivity index (χ0) is 18.6. The van der Waals surface area contributed by atoms with Gasteiger partial charge in [0.25, 0.3) is 5.91 Å². The van der Waals surface area contributed by atoms with E-state index in [1.165, 1.54) is 30.5 Å². The second-order valence-corrected chi connectivity index (χ2v) is 8.97. The molecule has 0 aromatic heterocycles. The van der Waals surface area contributed by atoms with Gasteiger partial charge >= 0.3 is 0 Å². The molecule has 0 unspecified atom stereocenters. The van der Waals surface area contributed by atoms with E-state index in [0.29, 0.717) is 19.5 Å². The Kier molecular flexibility index (Phi) is 6.61. The van der Waals surface area contributed by atoms with Crippen molar-refractivity contribution in [1.82, 2.24) is 5.43 Å². The number of nitrogens with zero attached hydrogens (tertiary/aromatic N) is 1. The van der Waals surface area contributed by atoms with E-state index in [0.717, 1.165) is 0 Å². The van der Waals surface area contributed by atoms with Gasteiger partial charge in [0.2, 0.25) is 0 Å². The maximum absolute atomic E-state index is 12.1. The lowest BCUT2D eigenvalue weighted by molar-refractivity contribution is -0.118. The normalized spacial score (nSPS) is 11.6. The van der Waals surface area contributed by atoms with Crippen molar-refractivity contribution in [3.05, 3.63) is 55.9 Å². The number of halogens is 3. The molecule has 0 aliphatic heterocycles. The molecule has 2 aromatic rings. The maximum Gasteiger partial charge on any atom is 0.255 e. The van der Waals surface area contributed by atoms with Crippen LogP contribution in [0.4, 0.5) is 0 Å². The number of hydrogen-bond donors (Lipinski definition) is 2. The molecule has 10 heteroatoms. The molecule has 0 radical (unpaired) electrons. The number of hydrazone groups is 1. The van der Waals surface area contributed by atoms with Crippen molar-refractivity contribution in [2.45, 2.75) is 4.90 Å². The predicted octanol–water partition coefficient (Wildman–Crippen LogP) is 3.49. The number of carbonyl (C=O) groups is 1. The fourth-order valence-corrected chi connectivity index (χ4v) is 4.24. The molecule has 0 aliphatic rings. The highest BCUT2D eigenvalue weighted by Gasteiger charge is 2.19. The van der Waals surface area contributed by atoms with Crippen LogP contribution in [0.15, 0.2) is 55.3 Å². The van der Waals surface area contributed by atoms with Crippen LogP contribution in [0.3, 0.4) is 0 Å². The third-order valence-corrected chi connectivity index (χ3v) is 6.03. The average molecular weight is 511 g/mol. The molecule has 0 spiro atoms. The summed E-state index contributed by atoms with van der Waals surface area (Å²) in [5.41, 5.74) is 2.74. The highest BCUT2D eigenvalue weighted by Crippen LogP contribution is 2.32. The van der Waals surface area contributed by atoms with Crippen LogP contribution in [0.2, 0.25) is 5.02 Å². The minimum atomic E-state index is -3.78. The summed E-state index contributed by atoms with van der Waals surface area (Å²) in [5, 5.41) is 13.7. The zero-order valence-corrected chi connectivity index (χ0v) is 17.2. The molecule has 0 saturated carbocycles. The first-order chi connectivity index (χ1) is 11.7. The third-order valence-electron chi connectivity index (χ3n) is 2.94. The van der Waals surface area contributed by atoms with Gasteiger partial charge in [-0.1, -0.05) is 11.6 Å². The molecule has 0 bridgehead atoms. The second-order valence-electron chi connectivity index (χ2n) is 4.84. The van der Waals surface area contributed by atoms with Crippen LogP contribution in [-0.4, -0.2) is 31.4 Å². The van der Waals surface area contributed by atoms with Gasteiger partial charge in [0.05, 0.1) is 20.1 Å². The second kappa shape index (κ2) is 8.31. The van der Waals surface area contributed by atoms with E-state index in [9.17, 15) is 18.3 Å². The number of phenolic OH excluding ortho intramolecular Hbond substituents is 1. The van der Waals surface area contributed by atoms with E-state index in [1.807, 2.05) is 0 Å². The van der Waals surface area contributed by atoms with Crippen molar-refractivity contribution in [2.75, 3.05) is 5.75 Å². The number of benzene rings is 2. The minimum absolute atomic E-state index is 0.00225. The van der Waals surface area contributed by atoms with Crippen molar-refractivity contribution in [1.29, 1.82) is 0 Å². The lowest BCUT2D eigenvalue weighted by atomic mass is 10.2. The van der Waals surface area contributed by atoms with Gasteiger partial charge in [0.15, 0.2) is 9.84 Å². The SMILES string of the molecule is O=C(CS(=O)(=O)c1ccc(Cl)cc1)N/N=C/c1cc(Br)c(O)c(Br)c1. The van der Waals surface area contributed by atoms with E-state index in [-0.39, 0.29) is 10.6 Å². The number of sulfone groups is 1. The molecule has 1 amide bonds. The number of carbonyl (C=O) groups excluding carboxylic acids is 1. The van der Waals surface area contributed by atoms with Crippen LogP contribution in [-0.2, 0) is 14.6 Å². The molecule has 0 aliphatic carbocycles. The highest BCUT2D eigenvalue weighted by molar-refractivity contribution is 9.11. The van der Waals surface area contributed by atoms with Crippen molar-refractivity contribution >= 4 is 65.4 Å². The summed E-state index contributed by atoms with van der Waals surface area (Å²) < 4.78 is 25.1. The summed E-state index contributed by atoms with van der Waals surface area (Å²) in [4.78, 5) is 11.8.